The molecule has 0 aliphatic carbocycles. The van der Waals surface area contributed by atoms with Crippen LogP contribution in [0.3, 0.4) is 0 Å². The summed E-state index contributed by atoms with van der Waals surface area (Å²) in [6.07, 6.45) is -8.16. The molecule has 1 aliphatic rings. The Morgan fingerprint density at radius 3 is 2.30 bits per heavy atom. The van der Waals surface area contributed by atoms with Crippen LogP contribution in [-0.4, -0.2) is 52.8 Å². The number of carbonyl (C=O) groups is 1. The molecule has 4 rings (SSSR count). The SMILES string of the molecule is COc1ccc2ncc(Cl)c([C@@H](O)CCC3(CC(=O)O)CCN(CC#Cc4cc(C(F)(F)F)cc(C(F)(F)F)c4)CC3)c2c1. The maximum absolute atomic E-state index is 13.1. The van der Waals surface area contributed by atoms with Crippen molar-refractivity contribution in [2.24, 2.45) is 5.41 Å². The van der Waals surface area contributed by atoms with Gasteiger partial charge in [-0.1, -0.05) is 23.4 Å². The number of aromatic nitrogens is 1. The maximum Gasteiger partial charge on any atom is 0.416 e. The van der Waals surface area contributed by atoms with Gasteiger partial charge in [-0.15, -0.1) is 0 Å². The van der Waals surface area contributed by atoms with E-state index < -0.39 is 46.5 Å². The quantitative estimate of drug-likeness (QED) is 0.197. The van der Waals surface area contributed by atoms with Crippen LogP contribution in [-0.2, 0) is 17.1 Å². The van der Waals surface area contributed by atoms with Gasteiger partial charge in [0.05, 0.1) is 47.8 Å². The Morgan fingerprint density at radius 2 is 1.73 bits per heavy atom. The highest BCUT2D eigenvalue weighted by Gasteiger charge is 2.38. The number of halogens is 7. The first kappa shape index (κ1) is 33.4. The van der Waals surface area contributed by atoms with Crippen molar-refractivity contribution in [3.8, 4) is 17.6 Å². The summed E-state index contributed by atoms with van der Waals surface area (Å²) in [7, 11) is 1.51. The van der Waals surface area contributed by atoms with Crippen molar-refractivity contribution >= 4 is 28.5 Å². The van der Waals surface area contributed by atoms with Crippen LogP contribution in [0.15, 0.2) is 42.6 Å². The standard InChI is InChI=1S/C31H29ClF6N2O4/c1-44-22-4-5-25-23(16-22)28(24(32)18-39-25)26(41)6-7-29(17-27(42)43)8-11-40(12-9-29)10-2-3-19-13-20(30(33,34)35)15-21(14-19)31(36,37)38/h4-5,13-16,18,26,41H,6-12,17H2,1H3,(H,42,43)/t26-/m0/s1. The van der Waals surface area contributed by atoms with Gasteiger partial charge >= 0.3 is 18.3 Å². The van der Waals surface area contributed by atoms with E-state index >= 15 is 0 Å². The van der Waals surface area contributed by atoms with Gasteiger partial charge in [0.25, 0.3) is 0 Å². The van der Waals surface area contributed by atoms with Gasteiger partial charge in [0.1, 0.15) is 5.75 Å². The van der Waals surface area contributed by atoms with E-state index in [4.69, 9.17) is 16.3 Å². The minimum Gasteiger partial charge on any atom is -0.497 e. The average molecular weight is 643 g/mol. The van der Waals surface area contributed by atoms with Crippen molar-refractivity contribution in [1.29, 1.82) is 0 Å². The van der Waals surface area contributed by atoms with E-state index in [-0.39, 0.29) is 30.5 Å². The summed E-state index contributed by atoms with van der Waals surface area (Å²) in [5.74, 6) is 4.63. The predicted octanol–water partition coefficient (Wildman–Crippen LogP) is 7.36. The number of carboxylic acid groups (broad SMARTS) is 1. The summed E-state index contributed by atoms with van der Waals surface area (Å²) in [5, 5.41) is 21.7. The lowest BCUT2D eigenvalue weighted by Crippen LogP contribution is -2.41. The first-order chi connectivity index (χ1) is 20.6. The lowest BCUT2D eigenvalue weighted by Gasteiger charge is -2.41. The van der Waals surface area contributed by atoms with Gasteiger partial charge in [-0.05, 0) is 80.6 Å². The molecule has 1 aliphatic heterocycles. The first-order valence-electron chi connectivity index (χ1n) is 13.6. The van der Waals surface area contributed by atoms with Crippen LogP contribution in [0.25, 0.3) is 10.9 Å². The second-order valence-electron chi connectivity index (χ2n) is 10.9. The Hall–Kier alpha value is -3.53. The highest BCUT2D eigenvalue weighted by Crippen LogP contribution is 2.43. The fourth-order valence-electron chi connectivity index (χ4n) is 5.52. The maximum atomic E-state index is 13.1. The number of fused-ring (bicyclic) bond motifs is 1. The van der Waals surface area contributed by atoms with E-state index in [0.717, 1.165) is 0 Å². The number of methoxy groups -OCH3 is 1. The van der Waals surface area contributed by atoms with Gasteiger partial charge in [-0.3, -0.25) is 14.7 Å². The van der Waals surface area contributed by atoms with Crippen molar-refractivity contribution in [3.05, 3.63) is 69.9 Å². The molecular formula is C31H29ClF6N2O4. The smallest absolute Gasteiger partial charge is 0.416 e. The summed E-state index contributed by atoms with van der Waals surface area (Å²) >= 11 is 6.42. The number of aliphatic hydroxyl groups is 1. The monoisotopic (exact) mass is 642 g/mol. The van der Waals surface area contributed by atoms with Crippen molar-refractivity contribution in [2.75, 3.05) is 26.7 Å². The van der Waals surface area contributed by atoms with Crippen LogP contribution < -0.4 is 4.74 Å². The van der Waals surface area contributed by atoms with Crippen LogP contribution in [0.1, 0.15) is 60.5 Å². The molecule has 6 nitrogen and oxygen atoms in total. The molecule has 44 heavy (non-hydrogen) atoms. The topological polar surface area (TPSA) is 82.9 Å². The van der Waals surface area contributed by atoms with Crippen molar-refractivity contribution < 1.29 is 46.1 Å². The highest BCUT2D eigenvalue weighted by molar-refractivity contribution is 6.32. The third-order valence-electron chi connectivity index (χ3n) is 7.92. The third-order valence-corrected chi connectivity index (χ3v) is 8.22. The zero-order valence-electron chi connectivity index (χ0n) is 23.5. The molecule has 0 spiro atoms. The van der Waals surface area contributed by atoms with E-state index in [9.17, 15) is 41.4 Å². The van der Waals surface area contributed by atoms with E-state index in [0.29, 0.717) is 66.7 Å². The van der Waals surface area contributed by atoms with E-state index in [1.807, 2.05) is 4.90 Å². The van der Waals surface area contributed by atoms with Gasteiger partial charge in [0.2, 0.25) is 0 Å². The predicted molar refractivity (Wildman–Crippen MR) is 151 cm³/mol. The number of likely N-dealkylation sites (tertiary alicyclic amines) is 1. The summed E-state index contributed by atoms with van der Waals surface area (Å²) in [6, 6.07) is 6.41. The molecule has 0 radical (unpaired) electrons. The highest BCUT2D eigenvalue weighted by atomic mass is 35.5. The Bertz CT molecular complexity index is 1540. The second-order valence-corrected chi connectivity index (χ2v) is 11.3. The molecule has 1 aromatic heterocycles. The second kappa shape index (κ2) is 13.2. The fourth-order valence-corrected chi connectivity index (χ4v) is 5.80. The molecule has 236 valence electrons. The van der Waals surface area contributed by atoms with Gasteiger partial charge < -0.3 is 14.9 Å². The molecule has 2 heterocycles. The Balaban J connectivity index is 1.45. The normalized spacial score (nSPS) is 16.3. The van der Waals surface area contributed by atoms with Crippen LogP contribution in [0.2, 0.25) is 5.02 Å². The summed E-state index contributed by atoms with van der Waals surface area (Å²) in [5.41, 5.74) is -2.84. The lowest BCUT2D eigenvalue weighted by atomic mass is 9.71. The largest absolute Gasteiger partial charge is 0.497 e. The van der Waals surface area contributed by atoms with Crippen molar-refractivity contribution in [3.63, 3.8) is 0 Å². The number of ether oxygens (including phenoxy) is 1. The fraction of sp³-hybridized carbons (Fsp3) is 0.419. The molecule has 2 aromatic carbocycles. The number of hydrogen-bond donors (Lipinski definition) is 2. The van der Waals surface area contributed by atoms with Crippen LogP contribution in [0.4, 0.5) is 26.3 Å². The van der Waals surface area contributed by atoms with Gasteiger partial charge in [0.15, 0.2) is 0 Å². The third kappa shape index (κ3) is 8.14. The number of alkyl halides is 6. The van der Waals surface area contributed by atoms with E-state index in [1.165, 1.54) is 13.3 Å². The molecule has 13 heteroatoms. The molecular weight excluding hydrogens is 614 g/mol. The number of benzene rings is 2. The summed E-state index contributed by atoms with van der Waals surface area (Å²) < 4.78 is 84.2. The van der Waals surface area contributed by atoms with Crippen LogP contribution in [0.5, 0.6) is 5.75 Å². The molecule has 1 fully saturated rings. The number of nitrogens with zero attached hydrogens (tertiary/aromatic N) is 2. The van der Waals surface area contributed by atoms with Crippen LogP contribution >= 0.6 is 11.6 Å². The van der Waals surface area contributed by atoms with Gasteiger partial charge in [-0.25, -0.2) is 0 Å². The molecule has 0 amide bonds. The Labute approximate surface area is 254 Å². The Morgan fingerprint density at radius 1 is 1.09 bits per heavy atom. The van der Waals surface area contributed by atoms with Crippen molar-refractivity contribution in [1.82, 2.24) is 9.88 Å². The number of aliphatic carboxylic acids is 1. The molecule has 3 aromatic rings. The van der Waals surface area contributed by atoms with E-state index in [2.05, 4.69) is 16.8 Å². The van der Waals surface area contributed by atoms with Crippen molar-refractivity contribution in [2.45, 2.75) is 50.6 Å². The molecule has 0 bridgehead atoms. The lowest BCUT2D eigenvalue weighted by molar-refractivity contribution is -0.143. The minimum atomic E-state index is -4.96. The van der Waals surface area contributed by atoms with Gasteiger partial charge in [-0.2, -0.15) is 26.3 Å². The summed E-state index contributed by atoms with van der Waals surface area (Å²) in [6.45, 7) is 0.888. The molecule has 1 atom stereocenters. The Kier molecular flexibility index (Phi) is 10.0. The van der Waals surface area contributed by atoms with Crippen LogP contribution in [0, 0.1) is 17.3 Å². The molecule has 0 saturated carbocycles. The number of rotatable bonds is 8. The zero-order chi connectivity index (χ0) is 32.3. The minimum absolute atomic E-state index is 0.0523. The molecule has 2 N–H and O–H groups in total. The first-order valence-corrected chi connectivity index (χ1v) is 14.0. The summed E-state index contributed by atoms with van der Waals surface area (Å²) in [4.78, 5) is 17.9. The van der Waals surface area contributed by atoms with E-state index in [1.54, 1.807) is 18.2 Å². The number of pyridine rings is 1. The number of aliphatic hydroxyl groups excluding tert-OH is 1. The number of piperidine rings is 1. The molecule has 1 saturated heterocycles. The average Bonchev–Trinajstić information content (AvgIpc) is 2.95. The number of hydrogen-bond acceptors (Lipinski definition) is 5. The zero-order valence-corrected chi connectivity index (χ0v) is 24.3. The number of carboxylic acids is 1. The molecule has 0 unspecified atom stereocenters. The van der Waals surface area contributed by atoms with Gasteiger partial charge in [0, 0.05) is 22.7 Å².